The van der Waals surface area contributed by atoms with E-state index in [1.807, 2.05) is 20.8 Å². The van der Waals surface area contributed by atoms with Gasteiger partial charge in [0.15, 0.2) is 0 Å². The van der Waals surface area contributed by atoms with Crippen molar-refractivity contribution in [2.75, 3.05) is 11.9 Å². The van der Waals surface area contributed by atoms with Crippen molar-refractivity contribution in [1.82, 2.24) is 9.97 Å². The standard InChI is InChI=1S/C16H19N3O3/c1-4-21-14-9-15(18-10-17-14)22-13-7-5-12(6-8-13)19-16(20)11(2)3/h5-11H,4H2,1-3H3,(H,19,20). The van der Waals surface area contributed by atoms with Gasteiger partial charge in [-0.3, -0.25) is 4.79 Å². The summed E-state index contributed by atoms with van der Waals surface area (Å²) >= 11 is 0. The molecule has 0 unspecified atom stereocenters. The Kier molecular flexibility index (Phi) is 5.30. The zero-order chi connectivity index (χ0) is 15.9. The number of anilines is 1. The van der Waals surface area contributed by atoms with Crippen LogP contribution in [0.2, 0.25) is 0 Å². The van der Waals surface area contributed by atoms with Crippen LogP contribution in [0.25, 0.3) is 0 Å². The van der Waals surface area contributed by atoms with Gasteiger partial charge in [-0.05, 0) is 31.2 Å². The molecule has 0 aliphatic rings. The minimum absolute atomic E-state index is 0.0224. The maximum atomic E-state index is 11.6. The zero-order valence-corrected chi connectivity index (χ0v) is 12.9. The fourth-order valence-electron chi connectivity index (χ4n) is 1.62. The number of nitrogens with one attached hydrogen (secondary N) is 1. The summed E-state index contributed by atoms with van der Waals surface area (Å²) in [5.41, 5.74) is 0.726. The van der Waals surface area contributed by atoms with E-state index in [1.165, 1.54) is 6.33 Å². The van der Waals surface area contributed by atoms with E-state index in [9.17, 15) is 4.79 Å². The number of nitrogens with zero attached hydrogens (tertiary/aromatic N) is 2. The van der Waals surface area contributed by atoms with Crippen LogP contribution in [0.15, 0.2) is 36.7 Å². The Labute approximate surface area is 129 Å². The number of aromatic nitrogens is 2. The summed E-state index contributed by atoms with van der Waals surface area (Å²) in [6.07, 6.45) is 1.39. The monoisotopic (exact) mass is 301 g/mol. The largest absolute Gasteiger partial charge is 0.478 e. The summed E-state index contributed by atoms with van der Waals surface area (Å²) in [6, 6.07) is 8.70. The molecule has 0 spiro atoms. The number of hydrogen-bond acceptors (Lipinski definition) is 5. The van der Waals surface area contributed by atoms with Gasteiger partial charge in [0.25, 0.3) is 0 Å². The first-order valence-corrected chi connectivity index (χ1v) is 7.12. The molecule has 0 fully saturated rings. The van der Waals surface area contributed by atoms with Crippen LogP contribution in [0.4, 0.5) is 5.69 Å². The van der Waals surface area contributed by atoms with Gasteiger partial charge < -0.3 is 14.8 Å². The second-order valence-corrected chi connectivity index (χ2v) is 4.90. The molecule has 0 radical (unpaired) electrons. The molecular formula is C16H19N3O3. The Hall–Kier alpha value is -2.63. The van der Waals surface area contributed by atoms with Crippen LogP contribution in [-0.2, 0) is 4.79 Å². The van der Waals surface area contributed by atoms with Gasteiger partial charge in [-0.2, -0.15) is 0 Å². The van der Waals surface area contributed by atoms with Crippen LogP contribution in [0, 0.1) is 5.92 Å². The summed E-state index contributed by atoms with van der Waals surface area (Å²) in [7, 11) is 0. The predicted octanol–water partition coefficient (Wildman–Crippen LogP) is 3.26. The molecule has 1 N–H and O–H groups in total. The van der Waals surface area contributed by atoms with Gasteiger partial charge in [-0.1, -0.05) is 13.8 Å². The van der Waals surface area contributed by atoms with E-state index >= 15 is 0 Å². The highest BCUT2D eigenvalue weighted by molar-refractivity contribution is 5.92. The van der Waals surface area contributed by atoms with Gasteiger partial charge in [-0.15, -0.1) is 0 Å². The summed E-state index contributed by atoms with van der Waals surface area (Å²) in [6.45, 7) is 6.10. The zero-order valence-electron chi connectivity index (χ0n) is 12.9. The first-order valence-electron chi connectivity index (χ1n) is 7.12. The molecule has 1 aromatic carbocycles. The van der Waals surface area contributed by atoms with Crippen molar-refractivity contribution in [2.45, 2.75) is 20.8 Å². The first-order chi connectivity index (χ1) is 10.6. The topological polar surface area (TPSA) is 73.3 Å². The molecule has 1 amide bonds. The lowest BCUT2D eigenvalue weighted by atomic mass is 10.2. The maximum Gasteiger partial charge on any atom is 0.226 e. The Bertz CT molecular complexity index is 627. The molecule has 6 heteroatoms. The van der Waals surface area contributed by atoms with E-state index in [-0.39, 0.29) is 11.8 Å². The van der Waals surface area contributed by atoms with Crippen LogP contribution in [0.1, 0.15) is 20.8 Å². The van der Waals surface area contributed by atoms with Crippen molar-refractivity contribution in [1.29, 1.82) is 0 Å². The lowest BCUT2D eigenvalue weighted by molar-refractivity contribution is -0.118. The van der Waals surface area contributed by atoms with Gasteiger partial charge in [-0.25, -0.2) is 9.97 Å². The molecule has 1 aromatic heterocycles. The number of benzene rings is 1. The van der Waals surface area contributed by atoms with Crippen molar-refractivity contribution in [3.05, 3.63) is 36.7 Å². The van der Waals surface area contributed by atoms with E-state index in [0.717, 1.165) is 5.69 Å². The van der Waals surface area contributed by atoms with Crippen molar-refractivity contribution >= 4 is 11.6 Å². The lowest BCUT2D eigenvalue weighted by Crippen LogP contribution is -2.17. The molecular weight excluding hydrogens is 282 g/mol. The Morgan fingerprint density at radius 1 is 1.18 bits per heavy atom. The van der Waals surface area contributed by atoms with Crippen LogP contribution in [0.5, 0.6) is 17.5 Å². The third-order valence-electron chi connectivity index (χ3n) is 2.78. The predicted molar refractivity (Wildman–Crippen MR) is 83.2 cm³/mol. The molecule has 0 saturated heterocycles. The van der Waals surface area contributed by atoms with Crippen LogP contribution in [0.3, 0.4) is 0 Å². The minimum atomic E-state index is -0.0612. The van der Waals surface area contributed by atoms with Crippen LogP contribution >= 0.6 is 0 Å². The van der Waals surface area contributed by atoms with Crippen molar-refractivity contribution in [3.63, 3.8) is 0 Å². The summed E-state index contributed by atoms with van der Waals surface area (Å²) < 4.78 is 10.9. The number of carbonyl (C=O) groups is 1. The summed E-state index contributed by atoms with van der Waals surface area (Å²) in [4.78, 5) is 19.6. The molecule has 1 heterocycles. The normalized spacial score (nSPS) is 10.4. The van der Waals surface area contributed by atoms with Crippen LogP contribution < -0.4 is 14.8 Å². The highest BCUT2D eigenvalue weighted by atomic mass is 16.5. The first kappa shape index (κ1) is 15.8. The van der Waals surface area contributed by atoms with E-state index in [0.29, 0.717) is 24.1 Å². The van der Waals surface area contributed by atoms with Crippen molar-refractivity contribution in [3.8, 4) is 17.5 Å². The SMILES string of the molecule is CCOc1cc(Oc2ccc(NC(=O)C(C)C)cc2)ncn1. The highest BCUT2D eigenvalue weighted by Gasteiger charge is 2.07. The second-order valence-electron chi connectivity index (χ2n) is 4.90. The van der Waals surface area contributed by atoms with Gasteiger partial charge in [0.2, 0.25) is 17.7 Å². The average Bonchev–Trinajstić information content (AvgIpc) is 2.50. The number of rotatable bonds is 6. The molecule has 0 aliphatic carbocycles. The molecule has 0 aliphatic heterocycles. The number of amides is 1. The fraction of sp³-hybridized carbons (Fsp3) is 0.312. The number of carbonyl (C=O) groups excluding carboxylic acids is 1. The lowest BCUT2D eigenvalue weighted by Gasteiger charge is -2.09. The third-order valence-corrected chi connectivity index (χ3v) is 2.78. The molecule has 22 heavy (non-hydrogen) atoms. The highest BCUT2D eigenvalue weighted by Crippen LogP contribution is 2.23. The molecule has 2 aromatic rings. The molecule has 6 nitrogen and oxygen atoms in total. The number of hydrogen-bond donors (Lipinski definition) is 1. The molecule has 116 valence electrons. The second kappa shape index (κ2) is 7.40. The third kappa shape index (κ3) is 4.44. The molecule has 0 atom stereocenters. The Morgan fingerprint density at radius 3 is 2.50 bits per heavy atom. The summed E-state index contributed by atoms with van der Waals surface area (Å²) in [5.74, 6) is 1.40. The molecule has 0 saturated carbocycles. The smallest absolute Gasteiger partial charge is 0.226 e. The summed E-state index contributed by atoms with van der Waals surface area (Å²) in [5, 5.41) is 2.82. The molecule has 2 rings (SSSR count). The van der Waals surface area contributed by atoms with E-state index in [4.69, 9.17) is 9.47 Å². The minimum Gasteiger partial charge on any atom is -0.478 e. The van der Waals surface area contributed by atoms with Gasteiger partial charge >= 0.3 is 0 Å². The van der Waals surface area contributed by atoms with Crippen molar-refractivity contribution < 1.29 is 14.3 Å². The molecule has 0 bridgehead atoms. The van der Waals surface area contributed by atoms with E-state index in [2.05, 4.69) is 15.3 Å². The number of ether oxygens (including phenoxy) is 2. The van der Waals surface area contributed by atoms with Crippen LogP contribution in [-0.4, -0.2) is 22.5 Å². The fourth-order valence-corrected chi connectivity index (χ4v) is 1.62. The van der Waals surface area contributed by atoms with E-state index in [1.54, 1.807) is 30.3 Å². The van der Waals surface area contributed by atoms with Gasteiger partial charge in [0.05, 0.1) is 12.7 Å². The quantitative estimate of drug-likeness (QED) is 0.886. The maximum absolute atomic E-state index is 11.6. The Balaban J connectivity index is 2.02. The van der Waals surface area contributed by atoms with Gasteiger partial charge in [0.1, 0.15) is 12.1 Å². The Morgan fingerprint density at radius 2 is 1.86 bits per heavy atom. The average molecular weight is 301 g/mol. The van der Waals surface area contributed by atoms with Gasteiger partial charge in [0, 0.05) is 11.6 Å². The van der Waals surface area contributed by atoms with Crippen molar-refractivity contribution in [2.24, 2.45) is 5.92 Å². The van der Waals surface area contributed by atoms with E-state index < -0.39 is 0 Å².